The van der Waals surface area contributed by atoms with Gasteiger partial charge in [-0.15, -0.1) is 0 Å². The van der Waals surface area contributed by atoms with Crippen LogP contribution in [0.4, 0.5) is 0 Å². The molecule has 0 saturated carbocycles. The predicted molar refractivity (Wildman–Crippen MR) is 377 cm³/mol. The summed E-state index contributed by atoms with van der Waals surface area (Å²) in [5.74, 6) is 0.121. The summed E-state index contributed by atoms with van der Waals surface area (Å²) in [7, 11) is -9.92. The number of allylic oxidation sites excluding steroid dienone is 4. The molecule has 0 aromatic carbocycles. The van der Waals surface area contributed by atoms with Gasteiger partial charge in [-0.1, -0.05) is 297 Å². The number of hydrogen-bond donors (Lipinski definition) is 3. The van der Waals surface area contributed by atoms with Crippen LogP contribution in [0.5, 0.6) is 0 Å². The van der Waals surface area contributed by atoms with Crippen LogP contribution in [0.15, 0.2) is 24.3 Å². The van der Waals surface area contributed by atoms with E-state index in [4.69, 9.17) is 37.0 Å². The zero-order valence-electron chi connectivity index (χ0n) is 60.2. The Hall–Kier alpha value is -2.46. The molecule has 548 valence electrons. The fourth-order valence-electron chi connectivity index (χ4n) is 10.6. The van der Waals surface area contributed by atoms with E-state index in [1.807, 2.05) is 0 Å². The highest BCUT2D eigenvalue weighted by molar-refractivity contribution is 7.47. The third kappa shape index (κ3) is 65.3. The minimum atomic E-state index is -4.96. The Morgan fingerprint density at radius 1 is 0.355 bits per heavy atom. The third-order valence-corrected chi connectivity index (χ3v) is 19.1. The summed E-state index contributed by atoms with van der Waals surface area (Å²) in [5.41, 5.74) is 0. The predicted octanol–water partition coefficient (Wildman–Crippen LogP) is 21.0. The standard InChI is InChI=1S/C74H140O17P2/c1-8-11-12-13-14-15-16-17-18-22-25-28-33-43-50-58-74(79)91-70(62-85-72(77)56-49-42-37-36-40-47-54-67(7)10-3)64-89-93(82,83)87-60-68(75)59-86-92(80,81)88-63-69(61-84-71(76)55-48-41-35-30-31-38-45-52-65(4)5)90-73(78)57-51-44-34-29-26-23-20-19-21-24-27-32-39-46-53-66(6)9-2/h15-18,65-70,75H,8-14,19-64H2,1-7H3,(H,80,81)(H,82,83)/b16-15-,18-17-/t66?,67?,68?,69-,70-/m1/s1. The van der Waals surface area contributed by atoms with Gasteiger partial charge in [0.1, 0.15) is 19.3 Å². The topological polar surface area (TPSA) is 237 Å². The van der Waals surface area contributed by atoms with Gasteiger partial charge in [-0.3, -0.25) is 37.3 Å². The number of phosphoric acid groups is 2. The second kappa shape index (κ2) is 64.2. The number of esters is 4. The quantitative estimate of drug-likeness (QED) is 0.0169. The van der Waals surface area contributed by atoms with E-state index in [0.29, 0.717) is 31.6 Å². The molecule has 0 aromatic heterocycles. The number of hydrogen-bond acceptors (Lipinski definition) is 15. The minimum Gasteiger partial charge on any atom is -0.462 e. The van der Waals surface area contributed by atoms with E-state index in [1.54, 1.807) is 0 Å². The number of carbonyl (C=O) groups excluding carboxylic acids is 4. The van der Waals surface area contributed by atoms with Crippen molar-refractivity contribution in [1.82, 2.24) is 0 Å². The molecule has 0 aliphatic heterocycles. The van der Waals surface area contributed by atoms with Crippen LogP contribution in [0.25, 0.3) is 0 Å². The average molecular weight is 1360 g/mol. The fourth-order valence-corrected chi connectivity index (χ4v) is 12.2. The Balaban J connectivity index is 5.26. The SMILES string of the molecule is CCCCCC/C=C\C=C/CCCCCCCC(=O)O[C@H](COC(=O)CCCCCCCCC(C)CC)COP(=O)(O)OCC(O)COP(=O)(O)OC[C@@H](COC(=O)CCCCCCCCCC(C)C)OC(=O)CCCCCCCCCCCCCCCCC(C)CC. The van der Waals surface area contributed by atoms with Crippen LogP contribution >= 0.6 is 15.6 Å². The molecule has 0 spiro atoms. The molecule has 17 nitrogen and oxygen atoms in total. The molecular weight excluding hydrogens is 1220 g/mol. The van der Waals surface area contributed by atoms with Crippen molar-refractivity contribution in [3.63, 3.8) is 0 Å². The van der Waals surface area contributed by atoms with E-state index in [-0.39, 0.29) is 25.7 Å². The zero-order chi connectivity index (χ0) is 68.7. The molecule has 0 aliphatic rings. The van der Waals surface area contributed by atoms with E-state index in [2.05, 4.69) is 72.8 Å². The van der Waals surface area contributed by atoms with Crippen LogP contribution in [0.3, 0.4) is 0 Å². The Morgan fingerprint density at radius 3 is 0.957 bits per heavy atom. The summed E-state index contributed by atoms with van der Waals surface area (Å²) in [6.07, 6.45) is 52.2. The lowest BCUT2D eigenvalue weighted by Gasteiger charge is -2.21. The summed E-state index contributed by atoms with van der Waals surface area (Å²) in [6.45, 7) is 11.8. The molecule has 19 heteroatoms. The van der Waals surface area contributed by atoms with Crippen molar-refractivity contribution >= 4 is 39.5 Å². The minimum absolute atomic E-state index is 0.0837. The van der Waals surface area contributed by atoms with Crippen LogP contribution in [0.1, 0.15) is 350 Å². The average Bonchev–Trinajstić information content (AvgIpc) is 2.50. The highest BCUT2D eigenvalue weighted by Gasteiger charge is 2.30. The van der Waals surface area contributed by atoms with Gasteiger partial charge in [0, 0.05) is 25.7 Å². The molecular formula is C74H140O17P2. The molecule has 0 fully saturated rings. The Kier molecular flexibility index (Phi) is 62.5. The number of aliphatic hydroxyl groups is 1. The number of ether oxygens (including phenoxy) is 4. The van der Waals surface area contributed by atoms with Crippen LogP contribution in [-0.4, -0.2) is 96.7 Å². The van der Waals surface area contributed by atoms with Gasteiger partial charge < -0.3 is 33.8 Å². The van der Waals surface area contributed by atoms with Gasteiger partial charge in [-0.2, -0.15) is 0 Å². The number of aliphatic hydroxyl groups excluding tert-OH is 1. The van der Waals surface area contributed by atoms with Crippen molar-refractivity contribution in [3.05, 3.63) is 24.3 Å². The van der Waals surface area contributed by atoms with E-state index < -0.39 is 97.5 Å². The molecule has 0 heterocycles. The van der Waals surface area contributed by atoms with Crippen LogP contribution in [0, 0.1) is 17.8 Å². The second-order valence-corrected chi connectivity index (χ2v) is 29.9. The van der Waals surface area contributed by atoms with E-state index >= 15 is 0 Å². The maximum Gasteiger partial charge on any atom is 0.472 e. The van der Waals surface area contributed by atoms with Crippen LogP contribution in [0.2, 0.25) is 0 Å². The lowest BCUT2D eigenvalue weighted by Crippen LogP contribution is -2.30. The molecule has 0 bridgehead atoms. The molecule has 7 atom stereocenters. The number of phosphoric ester groups is 2. The first-order valence-corrected chi connectivity index (χ1v) is 40.7. The maximum absolute atomic E-state index is 13.0. The second-order valence-electron chi connectivity index (χ2n) is 27.0. The van der Waals surface area contributed by atoms with Crippen molar-refractivity contribution in [2.45, 2.75) is 369 Å². The largest absolute Gasteiger partial charge is 0.472 e. The van der Waals surface area contributed by atoms with Gasteiger partial charge in [0.25, 0.3) is 0 Å². The first kappa shape index (κ1) is 90.5. The lowest BCUT2D eigenvalue weighted by atomic mass is 9.99. The molecule has 0 aromatic rings. The lowest BCUT2D eigenvalue weighted by molar-refractivity contribution is -0.161. The normalized spacial score (nSPS) is 14.9. The number of carbonyl (C=O) groups is 4. The first-order valence-electron chi connectivity index (χ1n) is 37.7. The molecule has 0 amide bonds. The van der Waals surface area contributed by atoms with Crippen molar-refractivity contribution in [3.8, 4) is 0 Å². The van der Waals surface area contributed by atoms with E-state index in [9.17, 15) is 43.2 Å². The molecule has 3 N–H and O–H groups in total. The molecule has 5 unspecified atom stereocenters. The maximum atomic E-state index is 13.0. The molecule has 0 saturated heterocycles. The Labute approximate surface area is 567 Å². The van der Waals surface area contributed by atoms with Crippen molar-refractivity contribution in [2.75, 3.05) is 39.6 Å². The fraction of sp³-hybridized carbons (Fsp3) is 0.892. The molecule has 0 aliphatic carbocycles. The Morgan fingerprint density at radius 2 is 0.634 bits per heavy atom. The van der Waals surface area contributed by atoms with Crippen molar-refractivity contribution in [2.24, 2.45) is 17.8 Å². The number of unbranched alkanes of at least 4 members (excludes halogenated alkanes) is 33. The van der Waals surface area contributed by atoms with Crippen molar-refractivity contribution < 1.29 is 80.2 Å². The van der Waals surface area contributed by atoms with Gasteiger partial charge in [0.15, 0.2) is 12.2 Å². The molecule has 93 heavy (non-hydrogen) atoms. The third-order valence-electron chi connectivity index (χ3n) is 17.2. The smallest absolute Gasteiger partial charge is 0.462 e. The highest BCUT2D eigenvalue weighted by atomic mass is 31.2. The van der Waals surface area contributed by atoms with E-state index in [1.165, 1.54) is 135 Å². The van der Waals surface area contributed by atoms with Gasteiger partial charge in [0.2, 0.25) is 0 Å². The van der Waals surface area contributed by atoms with E-state index in [0.717, 1.165) is 127 Å². The van der Waals surface area contributed by atoms with Gasteiger partial charge >= 0.3 is 39.5 Å². The first-order chi connectivity index (χ1) is 44.8. The van der Waals surface area contributed by atoms with Crippen molar-refractivity contribution in [1.29, 1.82) is 0 Å². The van der Waals surface area contributed by atoms with Crippen LogP contribution < -0.4 is 0 Å². The monoisotopic (exact) mass is 1360 g/mol. The van der Waals surface area contributed by atoms with Gasteiger partial charge in [0.05, 0.1) is 26.4 Å². The molecule has 0 radical (unpaired) electrons. The zero-order valence-corrected chi connectivity index (χ0v) is 62.0. The highest BCUT2D eigenvalue weighted by Crippen LogP contribution is 2.45. The number of rotatable bonds is 70. The van der Waals surface area contributed by atoms with Gasteiger partial charge in [-0.05, 0) is 69.1 Å². The summed E-state index contributed by atoms with van der Waals surface area (Å²) in [5, 5.41) is 10.6. The summed E-state index contributed by atoms with van der Waals surface area (Å²) in [6, 6.07) is 0. The Bertz CT molecular complexity index is 1920. The summed E-state index contributed by atoms with van der Waals surface area (Å²) in [4.78, 5) is 72.6. The van der Waals surface area contributed by atoms with Gasteiger partial charge in [-0.25, -0.2) is 9.13 Å². The van der Waals surface area contributed by atoms with Crippen LogP contribution in [-0.2, 0) is 65.4 Å². The summed E-state index contributed by atoms with van der Waals surface area (Å²) >= 11 is 0. The summed E-state index contributed by atoms with van der Waals surface area (Å²) < 4.78 is 68.4. The molecule has 0 rings (SSSR count).